The summed E-state index contributed by atoms with van der Waals surface area (Å²) in [6, 6.07) is 9.13. The van der Waals surface area contributed by atoms with E-state index in [2.05, 4.69) is 27.1 Å². The number of likely N-dealkylation sites (tertiary alicyclic amines) is 1. The van der Waals surface area contributed by atoms with E-state index < -0.39 is 29.6 Å². The molecule has 45 heavy (non-hydrogen) atoms. The molecule has 4 aromatic rings. The summed E-state index contributed by atoms with van der Waals surface area (Å²) < 4.78 is 45.7. The lowest BCUT2D eigenvalue weighted by molar-refractivity contribution is -0.138. The number of aryl methyl sites for hydroxylation is 1. The SMILES string of the molecule is CCN1CCC(c2ccc(-c3cc4c(c(C(F)(F)F)c3)CN([C@@H](C(=O)Nc3nccs3)c3ncn5c3CCC5)C4=O)cc2)CC1. The molecule has 0 unspecified atom stereocenters. The second-order valence-electron chi connectivity index (χ2n) is 11.9. The number of hydrogen-bond donors (Lipinski definition) is 1. The second kappa shape index (κ2) is 11.7. The number of halogens is 3. The molecule has 5 heterocycles. The molecule has 234 valence electrons. The van der Waals surface area contributed by atoms with Gasteiger partial charge in [0.25, 0.3) is 11.8 Å². The lowest BCUT2D eigenvalue weighted by atomic mass is 9.88. The first-order valence-corrected chi connectivity index (χ1v) is 16.2. The standard InChI is InChI=1S/C33H33F3N6O2S/c1-2-40-13-9-22(10-14-40)20-5-7-21(8-6-20)23-16-24-25(26(17-23)33(34,35)36)18-42(31(24)44)29(30(43)39-32-37-11-15-45-32)28-27-4-3-12-41(27)19-38-28/h5-8,11,15-17,19,22,29H,2-4,9-10,12-14,18H2,1H3,(H,37,39,43)/t29-/m1/s1. The zero-order valence-corrected chi connectivity index (χ0v) is 25.6. The van der Waals surface area contributed by atoms with E-state index in [1.54, 1.807) is 17.9 Å². The molecule has 0 bridgehead atoms. The van der Waals surface area contributed by atoms with Crippen molar-refractivity contribution in [3.8, 4) is 11.1 Å². The number of imidazole rings is 1. The van der Waals surface area contributed by atoms with Crippen molar-refractivity contribution in [2.45, 2.75) is 63.8 Å². The van der Waals surface area contributed by atoms with Gasteiger partial charge in [-0.15, -0.1) is 11.3 Å². The highest BCUT2D eigenvalue weighted by Gasteiger charge is 2.45. The van der Waals surface area contributed by atoms with Crippen molar-refractivity contribution in [2.24, 2.45) is 0 Å². The largest absolute Gasteiger partial charge is 0.416 e. The van der Waals surface area contributed by atoms with Gasteiger partial charge in [-0.25, -0.2) is 9.97 Å². The van der Waals surface area contributed by atoms with Crippen LogP contribution in [-0.2, 0) is 30.5 Å². The van der Waals surface area contributed by atoms with Crippen LogP contribution >= 0.6 is 11.3 Å². The summed E-state index contributed by atoms with van der Waals surface area (Å²) in [6.45, 7) is 5.63. The van der Waals surface area contributed by atoms with Crippen LogP contribution in [0.25, 0.3) is 11.1 Å². The molecule has 0 aliphatic carbocycles. The van der Waals surface area contributed by atoms with Crippen molar-refractivity contribution in [1.29, 1.82) is 0 Å². The molecule has 7 rings (SSSR count). The number of nitrogens with one attached hydrogen (secondary N) is 1. The Morgan fingerprint density at radius 2 is 1.87 bits per heavy atom. The summed E-state index contributed by atoms with van der Waals surface area (Å²) in [5.41, 5.74) is 2.26. The zero-order chi connectivity index (χ0) is 31.3. The Morgan fingerprint density at radius 1 is 1.09 bits per heavy atom. The molecule has 1 fully saturated rings. The predicted octanol–water partition coefficient (Wildman–Crippen LogP) is 6.51. The van der Waals surface area contributed by atoms with Gasteiger partial charge in [0.05, 0.1) is 17.6 Å². The molecular formula is C33H33F3N6O2S. The average Bonchev–Trinajstić information content (AvgIpc) is 3.84. The summed E-state index contributed by atoms with van der Waals surface area (Å²) >= 11 is 1.22. The monoisotopic (exact) mass is 634 g/mol. The number of fused-ring (bicyclic) bond motifs is 2. The highest BCUT2D eigenvalue weighted by atomic mass is 32.1. The van der Waals surface area contributed by atoms with Gasteiger partial charge in [-0.05, 0) is 85.6 Å². The van der Waals surface area contributed by atoms with E-state index in [4.69, 9.17) is 0 Å². The van der Waals surface area contributed by atoms with Crippen LogP contribution in [0, 0.1) is 0 Å². The molecule has 12 heteroatoms. The first-order chi connectivity index (χ1) is 21.7. The van der Waals surface area contributed by atoms with E-state index >= 15 is 0 Å². The van der Waals surface area contributed by atoms with Crippen molar-refractivity contribution in [1.82, 2.24) is 24.3 Å². The molecule has 0 saturated carbocycles. The van der Waals surface area contributed by atoms with Crippen LogP contribution in [0.2, 0.25) is 0 Å². The van der Waals surface area contributed by atoms with Crippen LogP contribution in [-0.4, -0.2) is 55.8 Å². The fourth-order valence-corrected chi connectivity index (χ4v) is 7.53. The Morgan fingerprint density at radius 3 is 2.56 bits per heavy atom. The van der Waals surface area contributed by atoms with Crippen molar-refractivity contribution < 1.29 is 22.8 Å². The Kier molecular flexibility index (Phi) is 7.73. The van der Waals surface area contributed by atoms with Gasteiger partial charge in [0.1, 0.15) is 0 Å². The predicted molar refractivity (Wildman–Crippen MR) is 165 cm³/mol. The molecule has 1 atom stereocenters. The van der Waals surface area contributed by atoms with Gasteiger partial charge in [0, 0.05) is 35.9 Å². The molecule has 0 radical (unpaired) electrons. The Labute approximate surface area is 262 Å². The van der Waals surface area contributed by atoms with Crippen LogP contribution in [0.4, 0.5) is 18.3 Å². The maximum Gasteiger partial charge on any atom is 0.416 e. The number of thiazole rings is 1. The number of amides is 2. The fourth-order valence-electron chi connectivity index (χ4n) is 6.99. The van der Waals surface area contributed by atoms with Crippen LogP contribution < -0.4 is 5.32 Å². The number of alkyl halides is 3. The van der Waals surface area contributed by atoms with Gasteiger partial charge in [-0.3, -0.25) is 14.9 Å². The lowest BCUT2D eigenvalue weighted by Gasteiger charge is -2.31. The minimum absolute atomic E-state index is 0.0428. The van der Waals surface area contributed by atoms with Crippen LogP contribution in [0.3, 0.4) is 0 Å². The number of carbonyl (C=O) groups excluding carboxylic acids is 2. The van der Waals surface area contributed by atoms with Crippen molar-refractivity contribution in [2.75, 3.05) is 25.0 Å². The number of anilines is 1. The third kappa shape index (κ3) is 5.54. The highest BCUT2D eigenvalue weighted by Crippen LogP contribution is 2.43. The van der Waals surface area contributed by atoms with E-state index in [-0.39, 0.29) is 17.7 Å². The number of aromatic nitrogens is 3. The molecule has 3 aliphatic rings. The molecule has 8 nitrogen and oxygen atoms in total. The number of piperidine rings is 1. The van der Waals surface area contributed by atoms with E-state index in [0.717, 1.165) is 57.2 Å². The van der Waals surface area contributed by atoms with E-state index in [1.807, 2.05) is 28.8 Å². The van der Waals surface area contributed by atoms with Gasteiger partial charge in [0.15, 0.2) is 11.2 Å². The van der Waals surface area contributed by atoms with E-state index in [9.17, 15) is 22.8 Å². The molecule has 2 aromatic carbocycles. The Bertz CT molecular complexity index is 1730. The van der Waals surface area contributed by atoms with Gasteiger partial charge in [0.2, 0.25) is 0 Å². The molecule has 1 N–H and O–H groups in total. The first-order valence-electron chi connectivity index (χ1n) is 15.3. The van der Waals surface area contributed by atoms with Crippen LogP contribution in [0.1, 0.15) is 76.6 Å². The van der Waals surface area contributed by atoms with Gasteiger partial charge in [-0.2, -0.15) is 13.2 Å². The van der Waals surface area contributed by atoms with Gasteiger partial charge >= 0.3 is 6.18 Å². The fraction of sp³-hybridized carbons (Fsp3) is 0.394. The normalized spacial score (nSPS) is 17.9. The number of carbonyl (C=O) groups is 2. The molecule has 3 aliphatic heterocycles. The molecule has 1 saturated heterocycles. The first kappa shape index (κ1) is 29.7. The highest BCUT2D eigenvalue weighted by molar-refractivity contribution is 7.13. The summed E-state index contributed by atoms with van der Waals surface area (Å²) in [5, 5.41) is 4.78. The Hall–Kier alpha value is -4.03. The van der Waals surface area contributed by atoms with Crippen LogP contribution in [0.15, 0.2) is 54.3 Å². The number of nitrogens with zero attached hydrogens (tertiary/aromatic N) is 5. The maximum absolute atomic E-state index is 14.6. The van der Waals surface area contributed by atoms with Gasteiger partial charge < -0.3 is 14.4 Å². The third-order valence-electron chi connectivity index (χ3n) is 9.40. The maximum atomic E-state index is 14.6. The molecular weight excluding hydrogens is 601 g/mol. The van der Waals surface area contributed by atoms with Crippen molar-refractivity contribution in [3.05, 3.63) is 87.9 Å². The topological polar surface area (TPSA) is 83.4 Å². The Balaban J connectivity index is 1.23. The zero-order valence-electron chi connectivity index (χ0n) is 24.8. The summed E-state index contributed by atoms with van der Waals surface area (Å²) in [4.78, 5) is 40.0. The van der Waals surface area contributed by atoms with Crippen molar-refractivity contribution in [3.63, 3.8) is 0 Å². The number of rotatable bonds is 7. The average molecular weight is 635 g/mol. The number of hydrogen-bond acceptors (Lipinski definition) is 6. The quantitative estimate of drug-likeness (QED) is 0.251. The minimum Gasteiger partial charge on any atom is -0.334 e. The third-order valence-corrected chi connectivity index (χ3v) is 10.1. The van der Waals surface area contributed by atoms with E-state index in [0.29, 0.717) is 34.3 Å². The van der Waals surface area contributed by atoms with Crippen LogP contribution in [0.5, 0.6) is 0 Å². The summed E-state index contributed by atoms with van der Waals surface area (Å²) in [7, 11) is 0. The smallest absolute Gasteiger partial charge is 0.334 e. The number of benzene rings is 2. The minimum atomic E-state index is -4.70. The summed E-state index contributed by atoms with van der Waals surface area (Å²) in [6.07, 6.45) is 2.09. The van der Waals surface area contributed by atoms with Crippen molar-refractivity contribution >= 4 is 28.3 Å². The summed E-state index contributed by atoms with van der Waals surface area (Å²) in [5.74, 6) is -0.774. The second-order valence-corrected chi connectivity index (χ2v) is 12.8. The van der Waals surface area contributed by atoms with E-state index in [1.165, 1.54) is 27.9 Å². The molecule has 2 amide bonds. The molecule has 2 aromatic heterocycles. The lowest BCUT2D eigenvalue weighted by Crippen LogP contribution is -2.38. The molecule has 0 spiro atoms. The van der Waals surface area contributed by atoms with Gasteiger partial charge in [-0.1, -0.05) is 31.2 Å².